The Balaban J connectivity index is 2.73. The number of morpholine rings is 1. The molecule has 1 heterocycles. The molecule has 0 radical (unpaired) electrons. The Morgan fingerprint density at radius 2 is 1.79 bits per heavy atom. The maximum Gasteiger partial charge on any atom is 0.237 e. The Hall–Kier alpha value is -0.610. The maximum atomic E-state index is 12.5. The lowest BCUT2D eigenvalue weighted by atomic mass is 9.99. The fourth-order valence-corrected chi connectivity index (χ4v) is 2.77. The van der Waals surface area contributed by atoms with Gasteiger partial charge in [0.25, 0.3) is 0 Å². The largest absolute Gasteiger partial charge is 0.373 e. The summed E-state index contributed by atoms with van der Waals surface area (Å²) in [7, 11) is 0. The molecule has 0 aromatic rings. The van der Waals surface area contributed by atoms with Gasteiger partial charge in [-0.15, -0.1) is 0 Å². The lowest BCUT2D eigenvalue weighted by Crippen LogP contribution is -2.57. The number of hydrogen-bond donors (Lipinski definition) is 1. The number of rotatable bonds is 5. The fourth-order valence-electron chi connectivity index (χ4n) is 2.77. The van der Waals surface area contributed by atoms with Crippen LogP contribution in [-0.2, 0) is 9.53 Å². The van der Waals surface area contributed by atoms with Crippen molar-refractivity contribution >= 4 is 5.91 Å². The van der Waals surface area contributed by atoms with E-state index in [2.05, 4.69) is 51.8 Å². The van der Waals surface area contributed by atoms with Gasteiger partial charge in [-0.05, 0) is 33.1 Å². The number of carbonyl (C=O) groups is 1. The molecule has 112 valence electrons. The predicted octanol–water partition coefficient (Wildman–Crippen LogP) is 2.03. The molecule has 1 aliphatic heterocycles. The first-order valence-electron chi connectivity index (χ1n) is 7.55. The zero-order chi connectivity index (χ0) is 14.6. The summed E-state index contributed by atoms with van der Waals surface area (Å²) >= 11 is 0. The highest BCUT2D eigenvalue weighted by molar-refractivity contribution is 5.82. The second-order valence-corrected chi connectivity index (χ2v) is 6.22. The van der Waals surface area contributed by atoms with Gasteiger partial charge in [-0.3, -0.25) is 9.69 Å². The Labute approximate surface area is 117 Å². The van der Waals surface area contributed by atoms with E-state index < -0.39 is 0 Å². The summed E-state index contributed by atoms with van der Waals surface area (Å²) in [6.07, 6.45) is 1.36. The van der Waals surface area contributed by atoms with Crippen molar-refractivity contribution < 1.29 is 9.53 Å². The van der Waals surface area contributed by atoms with Crippen molar-refractivity contribution in [1.29, 1.82) is 0 Å². The number of ether oxygens (including phenoxy) is 1. The molecule has 0 bridgehead atoms. The van der Waals surface area contributed by atoms with Gasteiger partial charge in [0, 0.05) is 19.1 Å². The Kier molecular flexibility index (Phi) is 6.27. The number of nitrogens with one attached hydrogen (secondary N) is 1. The molecule has 0 spiro atoms. The second kappa shape index (κ2) is 7.25. The van der Waals surface area contributed by atoms with Crippen LogP contribution >= 0.6 is 0 Å². The van der Waals surface area contributed by atoms with Gasteiger partial charge in [0.2, 0.25) is 5.91 Å². The molecule has 4 nitrogen and oxygen atoms in total. The summed E-state index contributed by atoms with van der Waals surface area (Å²) in [5, 5.41) is 3.12. The Bertz CT molecular complexity index is 284. The lowest BCUT2D eigenvalue weighted by Gasteiger charge is -2.41. The second-order valence-electron chi connectivity index (χ2n) is 6.22. The van der Waals surface area contributed by atoms with E-state index in [0.717, 1.165) is 19.5 Å². The summed E-state index contributed by atoms with van der Waals surface area (Å²) < 4.78 is 5.75. The van der Waals surface area contributed by atoms with Crippen LogP contribution in [0.1, 0.15) is 48.0 Å². The summed E-state index contributed by atoms with van der Waals surface area (Å²) in [4.78, 5) is 14.8. The van der Waals surface area contributed by atoms with Crippen LogP contribution in [0.15, 0.2) is 0 Å². The molecule has 1 fully saturated rings. The Morgan fingerprint density at radius 3 is 2.21 bits per heavy atom. The van der Waals surface area contributed by atoms with Crippen molar-refractivity contribution in [3.05, 3.63) is 0 Å². The summed E-state index contributed by atoms with van der Waals surface area (Å²) in [5.74, 6) is 0.465. The van der Waals surface area contributed by atoms with E-state index >= 15 is 0 Å². The third-order valence-corrected chi connectivity index (χ3v) is 3.74. The molecule has 1 amide bonds. The van der Waals surface area contributed by atoms with Gasteiger partial charge >= 0.3 is 0 Å². The zero-order valence-electron chi connectivity index (χ0n) is 13.3. The molecule has 1 rings (SSSR count). The standard InChI is InChI=1S/C15H30N2O2/c1-7-11(4)16-15(18)14(10(2)3)17-8-12(5)19-13(6)9-17/h10-14H,7-9H2,1-6H3,(H,16,18). The molecule has 0 aromatic heterocycles. The van der Waals surface area contributed by atoms with Gasteiger partial charge in [-0.2, -0.15) is 0 Å². The van der Waals surface area contributed by atoms with Gasteiger partial charge in [0.1, 0.15) is 0 Å². The van der Waals surface area contributed by atoms with Crippen molar-refractivity contribution in [2.24, 2.45) is 5.92 Å². The van der Waals surface area contributed by atoms with Crippen LogP contribution < -0.4 is 5.32 Å². The fraction of sp³-hybridized carbons (Fsp3) is 0.933. The van der Waals surface area contributed by atoms with Crippen LogP contribution in [0.25, 0.3) is 0 Å². The average molecular weight is 270 g/mol. The molecule has 4 atom stereocenters. The van der Waals surface area contributed by atoms with Crippen molar-refractivity contribution in [1.82, 2.24) is 10.2 Å². The molecule has 0 aromatic carbocycles. The maximum absolute atomic E-state index is 12.5. The molecule has 19 heavy (non-hydrogen) atoms. The number of nitrogens with zero attached hydrogens (tertiary/aromatic N) is 1. The van der Waals surface area contributed by atoms with Gasteiger partial charge in [0.05, 0.1) is 18.2 Å². The zero-order valence-corrected chi connectivity index (χ0v) is 13.3. The smallest absolute Gasteiger partial charge is 0.237 e. The van der Waals surface area contributed by atoms with Crippen molar-refractivity contribution in [2.45, 2.75) is 72.3 Å². The first-order valence-corrected chi connectivity index (χ1v) is 7.55. The quantitative estimate of drug-likeness (QED) is 0.831. The molecule has 0 aliphatic carbocycles. The van der Waals surface area contributed by atoms with Crippen LogP contribution in [0.3, 0.4) is 0 Å². The van der Waals surface area contributed by atoms with Crippen LogP contribution in [-0.4, -0.2) is 48.2 Å². The molecule has 4 unspecified atom stereocenters. The minimum absolute atomic E-state index is 0.0530. The van der Waals surface area contributed by atoms with E-state index in [1.54, 1.807) is 0 Å². The van der Waals surface area contributed by atoms with Gasteiger partial charge < -0.3 is 10.1 Å². The van der Waals surface area contributed by atoms with Crippen molar-refractivity contribution in [3.63, 3.8) is 0 Å². The van der Waals surface area contributed by atoms with Crippen LogP contribution in [0.2, 0.25) is 0 Å². The molecule has 4 heteroatoms. The third kappa shape index (κ3) is 4.77. The third-order valence-electron chi connectivity index (χ3n) is 3.74. The van der Waals surface area contributed by atoms with Gasteiger partial charge in [-0.1, -0.05) is 20.8 Å². The van der Waals surface area contributed by atoms with Crippen LogP contribution in [0.4, 0.5) is 0 Å². The van der Waals surface area contributed by atoms with Crippen molar-refractivity contribution in [2.75, 3.05) is 13.1 Å². The molecule has 1 saturated heterocycles. The van der Waals surface area contributed by atoms with E-state index in [-0.39, 0.29) is 30.2 Å². The lowest BCUT2D eigenvalue weighted by molar-refractivity contribution is -0.136. The monoisotopic (exact) mass is 270 g/mol. The number of carbonyl (C=O) groups excluding carboxylic acids is 1. The SMILES string of the molecule is CCC(C)NC(=O)C(C(C)C)N1CC(C)OC(C)C1. The molecular formula is C15H30N2O2. The minimum atomic E-state index is -0.0530. The molecule has 1 aliphatic rings. The predicted molar refractivity (Wildman–Crippen MR) is 78.1 cm³/mol. The topological polar surface area (TPSA) is 41.6 Å². The first kappa shape index (κ1) is 16.4. The molecule has 0 saturated carbocycles. The highest BCUT2D eigenvalue weighted by atomic mass is 16.5. The highest BCUT2D eigenvalue weighted by Gasteiger charge is 2.34. The van der Waals surface area contributed by atoms with E-state index in [4.69, 9.17) is 4.74 Å². The summed E-state index contributed by atoms with van der Waals surface area (Å²) in [6.45, 7) is 14.2. The summed E-state index contributed by atoms with van der Waals surface area (Å²) in [5.41, 5.74) is 0. The first-order chi connectivity index (χ1) is 8.85. The van der Waals surface area contributed by atoms with E-state index in [1.807, 2.05) is 0 Å². The molecule has 1 N–H and O–H groups in total. The van der Waals surface area contributed by atoms with Crippen LogP contribution in [0, 0.1) is 5.92 Å². The van der Waals surface area contributed by atoms with Crippen molar-refractivity contribution in [3.8, 4) is 0 Å². The number of amides is 1. The average Bonchev–Trinajstić information content (AvgIpc) is 2.26. The van der Waals surface area contributed by atoms with Crippen LogP contribution in [0.5, 0.6) is 0 Å². The van der Waals surface area contributed by atoms with Gasteiger partial charge in [-0.25, -0.2) is 0 Å². The normalized spacial score (nSPS) is 28.2. The minimum Gasteiger partial charge on any atom is -0.373 e. The Morgan fingerprint density at radius 1 is 1.26 bits per heavy atom. The summed E-state index contributed by atoms with van der Waals surface area (Å²) in [6, 6.07) is 0.187. The molecular weight excluding hydrogens is 240 g/mol. The number of hydrogen-bond acceptors (Lipinski definition) is 3. The van der Waals surface area contributed by atoms with Gasteiger partial charge in [0.15, 0.2) is 0 Å². The van der Waals surface area contributed by atoms with E-state index in [9.17, 15) is 4.79 Å². The van der Waals surface area contributed by atoms with E-state index in [1.165, 1.54) is 0 Å². The highest BCUT2D eigenvalue weighted by Crippen LogP contribution is 2.18. The van der Waals surface area contributed by atoms with E-state index in [0.29, 0.717) is 5.92 Å².